The molecule has 0 aromatic heterocycles. The Balaban J connectivity index is 1.30. The van der Waals surface area contributed by atoms with E-state index in [0.717, 1.165) is 0 Å². The van der Waals surface area contributed by atoms with E-state index in [2.05, 4.69) is 0 Å². The van der Waals surface area contributed by atoms with Gasteiger partial charge in [0.1, 0.15) is 34.5 Å². The fourth-order valence-corrected chi connectivity index (χ4v) is 6.45. The highest BCUT2D eigenvalue weighted by atomic mass is 16.6. The molecular weight excluding hydrogens is 664 g/mol. The monoisotopic (exact) mass is 702 g/mol. The number of carbonyl (C=O) groups excluding carboxylic acids is 3. The van der Waals surface area contributed by atoms with Crippen molar-refractivity contribution in [1.82, 2.24) is 0 Å². The fourth-order valence-electron chi connectivity index (χ4n) is 6.45. The quantitative estimate of drug-likeness (QED) is 0.0985. The first-order valence-electron chi connectivity index (χ1n) is 16.5. The number of esters is 3. The topological polar surface area (TPSA) is 116 Å². The van der Waals surface area contributed by atoms with Gasteiger partial charge in [-0.25, -0.2) is 4.79 Å². The van der Waals surface area contributed by atoms with Gasteiger partial charge >= 0.3 is 17.9 Å². The molecule has 5 aromatic rings. The van der Waals surface area contributed by atoms with Gasteiger partial charge in [0.2, 0.25) is 0 Å². The van der Waals surface area contributed by atoms with Crippen LogP contribution in [0.1, 0.15) is 49.3 Å². The van der Waals surface area contributed by atoms with Gasteiger partial charge in [-0.15, -0.1) is 0 Å². The minimum absolute atomic E-state index is 0.0419. The van der Waals surface area contributed by atoms with Gasteiger partial charge in [0.15, 0.2) is 5.60 Å². The summed E-state index contributed by atoms with van der Waals surface area (Å²) < 4.78 is 39.4. The second-order valence-corrected chi connectivity index (χ2v) is 12.2. The lowest BCUT2D eigenvalue weighted by molar-refractivity contribution is -0.134. The summed E-state index contributed by atoms with van der Waals surface area (Å²) in [5, 5.41) is 0. The number of ether oxygens (including phenoxy) is 7. The number of cyclic esters (lactones) is 1. The summed E-state index contributed by atoms with van der Waals surface area (Å²) in [7, 11) is 6.17. The molecule has 0 aliphatic carbocycles. The molecule has 0 atom stereocenters. The molecule has 0 fully saturated rings. The Morgan fingerprint density at radius 2 is 1.04 bits per heavy atom. The third kappa shape index (κ3) is 6.87. The van der Waals surface area contributed by atoms with Crippen LogP contribution in [0, 0.1) is 13.8 Å². The zero-order valence-corrected chi connectivity index (χ0v) is 29.7. The van der Waals surface area contributed by atoms with Crippen LogP contribution < -0.4 is 28.4 Å². The van der Waals surface area contributed by atoms with Crippen LogP contribution in [0.3, 0.4) is 0 Å². The number of benzene rings is 5. The summed E-state index contributed by atoms with van der Waals surface area (Å²) in [5.74, 6) is 1.54. The number of rotatable bonds is 12. The van der Waals surface area contributed by atoms with Crippen molar-refractivity contribution in [2.75, 3.05) is 28.4 Å². The van der Waals surface area contributed by atoms with Crippen LogP contribution in [0.5, 0.6) is 34.5 Å². The summed E-state index contributed by atoms with van der Waals surface area (Å²) in [4.78, 5) is 39.6. The minimum Gasteiger partial charge on any atom is -0.497 e. The van der Waals surface area contributed by atoms with E-state index in [1.165, 1.54) is 14.2 Å². The highest BCUT2D eigenvalue weighted by Crippen LogP contribution is 2.48. The molecule has 6 rings (SSSR count). The molecule has 0 N–H and O–H groups in total. The maximum absolute atomic E-state index is 13.4. The summed E-state index contributed by atoms with van der Waals surface area (Å²) in [5.41, 5.74) is 3.59. The van der Waals surface area contributed by atoms with E-state index in [4.69, 9.17) is 33.2 Å². The molecule has 266 valence electrons. The van der Waals surface area contributed by atoms with Crippen LogP contribution in [0.15, 0.2) is 97.1 Å². The van der Waals surface area contributed by atoms with Gasteiger partial charge in [0.25, 0.3) is 0 Å². The van der Waals surface area contributed by atoms with Gasteiger partial charge in [-0.05, 0) is 91.7 Å². The number of hydrogen-bond donors (Lipinski definition) is 0. The van der Waals surface area contributed by atoms with E-state index in [9.17, 15) is 14.4 Å². The van der Waals surface area contributed by atoms with Crippen molar-refractivity contribution in [3.05, 3.63) is 142 Å². The molecule has 10 nitrogen and oxygen atoms in total. The van der Waals surface area contributed by atoms with Crippen molar-refractivity contribution >= 4 is 17.9 Å². The largest absolute Gasteiger partial charge is 0.497 e. The van der Waals surface area contributed by atoms with Crippen LogP contribution in [0.25, 0.3) is 0 Å². The first-order valence-corrected chi connectivity index (χ1v) is 16.5. The number of hydrogen-bond acceptors (Lipinski definition) is 10. The van der Waals surface area contributed by atoms with Crippen molar-refractivity contribution in [3.63, 3.8) is 0 Å². The fraction of sp³-hybridized carbons (Fsp3) is 0.214. The first-order chi connectivity index (χ1) is 25.1. The van der Waals surface area contributed by atoms with Gasteiger partial charge < -0.3 is 33.2 Å². The average Bonchev–Trinajstić information content (AvgIpc) is 3.45. The van der Waals surface area contributed by atoms with Gasteiger partial charge in [-0.2, -0.15) is 0 Å². The highest BCUT2D eigenvalue weighted by molar-refractivity contribution is 5.96. The van der Waals surface area contributed by atoms with Crippen molar-refractivity contribution < 1.29 is 47.5 Å². The maximum atomic E-state index is 13.4. The third-order valence-corrected chi connectivity index (χ3v) is 9.03. The molecule has 1 aliphatic rings. The summed E-state index contributed by atoms with van der Waals surface area (Å²) in [6.45, 7) is 3.64. The lowest BCUT2D eigenvalue weighted by Gasteiger charge is -2.31. The molecule has 1 aliphatic heterocycles. The maximum Gasteiger partial charge on any atom is 0.340 e. The molecular formula is C42H38O10. The Hall–Kier alpha value is -6.29. The molecule has 0 unspecified atom stereocenters. The lowest BCUT2D eigenvalue weighted by Crippen LogP contribution is -2.30. The average molecular weight is 703 g/mol. The number of aryl methyl sites for hydroxylation is 2. The Morgan fingerprint density at radius 3 is 1.48 bits per heavy atom. The first kappa shape index (κ1) is 35.5. The number of methoxy groups -OCH3 is 4. The summed E-state index contributed by atoms with van der Waals surface area (Å²) in [6, 6.07) is 28.3. The zero-order valence-electron chi connectivity index (χ0n) is 29.7. The third-order valence-electron chi connectivity index (χ3n) is 9.03. The Morgan fingerprint density at radius 1 is 0.577 bits per heavy atom. The van der Waals surface area contributed by atoms with Crippen LogP contribution >= 0.6 is 0 Å². The Labute approximate surface area is 301 Å². The lowest BCUT2D eigenvalue weighted by atomic mass is 9.79. The smallest absolute Gasteiger partial charge is 0.340 e. The van der Waals surface area contributed by atoms with Crippen LogP contribution in [-0.4, -0.2) is 46.3 Å². The predicted octanol–water partition coefficient (Wildman–Crippen LogP) is 7.10. The van der Waals surface area contributed by atoms with Gasteiger partial charge in [0, 0.05) is 27.8 Å². The van der Waals surface area contributed by atoms with Gasteiger partial charge in [-0.3, -0.25) is 9.59 Å². The molecule has 0 bridgehead atoms. The van der Waals surface area contributed by atoms with E-state index >= 15 is 0 Å². The van der Waals surface area contributed by atoms with Crippen LogP contribution in [-0.2, 0) is 32.8 Å². The van der Waals surface area contributed by atoms with Crippen LogP contribution in [0.2, 0.25) is 0 Å². The van der Waals surface area contributed by atoms with E-state index in [0.29, 0.717) is 79.0 Å². The standard InChI is InChI=1S/C42H38O10/c1-25-19-29(11-15-35(25)50-39(43)23-27-21-31(46-3)13-17-37(27)48-5)42(34-10-8-7-9-33(34)41(45)52-42)30-12-16-36(26(2)20-30)51-40(44)24-28-22-32(47-4)14-18-38(28)49-6/h7-22H,23-24H2,1-6H3. The van der Waals surface area contributed by atoms with Crippen LogP contribution in [0.4, 0.5) is 0 Å². The Kier molecular flexibility index (Phi) is 10.2. The molecule has 10 heteroatoms. The number of carbonyl (C=O) groups is 3. The van der Waals surface area contributed by atoms with Crippen molar-refractivity contribution in [2.45, 2.75) is 32.3 Å². The van der Waals surface area contributed by atoms with E-state index in [1.807, 2.05) is 38.1 Å². The normalized spacial score (nSPS) is 12.7. The molecule has 0 amide bonds. The molecule has 0 radical (unpaired) electrons. The van der Waals surface area contributed by atoms with E-state index in [-0.39, 0.29) is 12.8 Å². The van der Waals surface area contributed by atoms with Crippen molar-refractivity contribution in [1.29, 1.82) is 0 Å². The summed E-state index contributed by atoms with van der Waals surface area (Å²) >= 11 is 0. The second kappa shape index (κ2) is 14.9. The van der Waals surface area contributed by atoms with E-state index in [1.54, 1.807) is 87.0 Å². The predicted molar refractivity (Wildman–Crippen MR) is 192 cm³/mol. The van der Waals surface area contributed by atoms with Crippen molar-refractivity contribution in [3.8, 4) is 34.5 Å². The molecule has 52 heavy (non-hydrogen) atoms. The molecule has 0 saturated heterocycles. The molecule has 0 saturated carbocycles. The van der Waals surface area contributed by atoms with E-state index < -0.39 is 23.5 Å². The molecule has 0 spiro atoms. The minimum atomic E-state index is -1.34. The van der Waals surface area contributed by atoms with Gasteiger partial charge in [-0.1, -0.05) is 30.3 Å². The highest BCUT2D eigenvalue weighted by Gasteiger charge is 2.48. The summed E-state index contributed by atoms with van der Waals surface area (Å²) in [6.07, 6.45) is -0.0838. The van der Waals surface area contributed by atoms with Crippen molar-refractivity contribution in [2.24, 2.45) is 0 Å². The Bertz CT molecular complexity index is 2050. The number of fused-ring (bicyclic) bond motifs is 1. The molecule has 1 heterocycles. The molecule has 5 aromatic carbocycles. The van der Waals surface area contributed by atoms with Gasteiger partial charge in [0.05, 0.1) is 46.8 Å². The SMILES string of the molecule is COc1ccc(OC)c(CC(=O)Oc2ccc(C3(c4ccc(OC(=O)Cc5cc(OC)ccc5OC)c(C)c4)OC(=O)c4ccccc43)cc2C)c1. The second-order valence-electron chi connectivity index (χ2n) is 12.2. The zero-order chi connectivity index (χ0) is 37.0.